The fourth-order valence-electron chi connectivity index (χ4n) is 3.23. The summed E-state index contributed by atoms with van der Waals surface area (Å²) in [7, 11) is 1.68. The first kappa shape index (κ1) is 19.0. The zero-order chi connectivity index (χ0) is 19.4. The van der Waals surface area contributed by atoms with E-state index in [1.807, 2.05) is 29.2 Å². The molecule has 3 rings (SSSR count). The average Bonchev–Trinajstić information content (AvgIpc) is 2.67. The van der Waals surface area contributed by atoms with Gasteiger partial charge in [-0.2, -0.15) is 0 Å². The fourth-order valence-corrected chi connectivity index (χ4v) is 3.23. The van der Waals surface area contributed by atoms with Crippen molar-refractivity contribution in [1.82, 2.24) is 9.88 Å². The number of ether oxygens (including phenoxy) is 1. The number of rotatable bonds is 4. The Morgan fingerprint density at radius 2 is 1.78 bits per heavy atom. The predicted octanol–water partition coefficient (Wildman–Crippen LogP) is 3.26. The highest BCUT2D eigenvalue weighted by Crippen LogP contribution is 2.28. The van der Waals surface area contributed by atoms with Gasteiger partial charge in [-0.25, -0.2) is 4.98 Å². The normalized spacial score (nSPS) is 14.8. The minimum atomic E-state index is -0.0397. The smallest absolute Gasteiger partial charge is 0.272 e. The van der Waals surface area contributed by atoms with Crippen LogP contribution in [0.4, 0.5) is 11.4 Å². The van der Waals surface area contributed by atoms with Crippen molar-refractivity contribution in [3.05, 3.63) is 48.3 Å². The maximum absolute atomic E-state index is 12.8. The van der Waals surface area contributed by atoms with Gasteiger partial charge in [0.2, 0.25) is 0 Å². The van der Waals surface area contributed by atoms with Crippen LogP contribution in [0, 0.1) is 0 Å². The van der Waals surface area contributed by atoms with Crippen molar-refractivity contribution in [2.75, 3.05) is 43.5 Å². The van der Waals surface area contributed by atoms with Crippen LogP contribution in [0.2, 0.25) is 0 Å². The highest BCUT2D eigenvalue weighted by atomic mass is 16.5. The van der Waals surface area contributed by atoms with Crippen molar-refractivity contribution in [1.29, 1.82) is 0 Å². The van der Waals surface area contributed by atoms with Gasteiger partial charge in [0.15, 0.2) is 0 Å². The van der Waals surface area contributed by atoms with Gasteiger partial charge in [-0.3, -0.25) is 4.79 Å². The zero-order valence-electron chi connectivity index (χ0n) is 16.5. The number of hydrogen-bond acceptors (Lipinski definition) is 5. The number of anilines is 2. The molecule has 1 N–H and O–H groups in total. The van der Waals surface area contributed by atoms with Crippen LogP contribution in [0.3, 0.4) is 0 Å². The van der Waals surface area contributed by atoms with E-state index in [9.17, 15) is 4.79 Å². The Morgan fingerprint density at radius 3 is 2.37 bits per heavy atom. The number of amides is 1. The molecule has 6 heteroatoms. The molecule has 0 unspecified atom stereocenters. The topological polar surface area (TPSA) is 57.7 Å². The number of carbonyl (C=O) groups excluding carboxylic acids is 1. The van der Waals surface area contributed by atoms with Crippen molar-refractivity contribution in [2.45, 2.75) is 26.3 Å². The van der Waals surface area contributed by atoms with E-state index in [-0.39, 0.29) is 11.4 Å². The molecule has 1 aliphatic rings. The highest BCUT2D eigenvalue weighted by molar-refractivity contribution is 5.92. The van der Waals surface area contributed by atoms with Crippen LogP contribution in [-0.2, 0) is 0 Å². The number of hydrogen-bond donors (Lipinski definition) is 1. The van der Waals surface area contributed by atoms with Gasteiger partial charge in [0.05, 0.1) is 24.7 Å². The van der Waals surface area contributed by atoms with Crippen molar-refractivity contribution in [3.8, 4) is 5.75 Å². The second-order valence-electron chi connectivity index (χ2n) is 7.76. The van der Waals surface area contributed by atoms with Crippen LogP contribution in [0.5, 0.6) is 5.75 Å². The van der Waals surface area contributed by atoms with Gasteiger partial charge in [-0.05, 0) is 45.0 Å². The molecule has 2 aromatic rings. The summed E-state index contributed by atoms with van der Waals surface area (Å²) >= 11 is 0. The fraction of sp³-hybridized carbons (Fsp3) is 0.429. The van der Waals surface area contributed by atoms with E-state index in [1.165, 1.54) is 0 Å². The lowest BCUT2D eigenvalue weighted by atomic mass is 10.1. The van der Waals surface area contributed by atoms with E-state index in [2.05, 4.69) is 42.0 Å². The second-order valence-corrected chi connectivity index (χ2v) is 7.76. The number of methoxy groups -OCH3 is 1. The molecular weight excluding hydrogens is 340 g/mol. The van der Waals surface area contributed by atoms with Crippen LogP contribution in [-0.4, -0.2) is 54.6 Å². The summed E-state index contributed by atoms with van der Waals surface area (Å²) in [6, 6.07) is 11.7. The predicted molar refractivity (Wildman–Crippen MR) is 109 cm³/mol. The lowest BCUT2D eigenvalue weighted by Crippen LogP contribution is -2.49. The van der Waals surface area contributed by atoms with E-state index in [1.54, 1.807) is 19.4 Å². The van der Waals surface area contributed by atoms with E-state index in [4.69, 9.17) is 4.74 Å². The summed E-state index contributed by atoms with van der Waals surface area (Å²) in [5.41, 5.74) is 2.44. The molecule has 1 aromatic heterocycles. The van der Waals surface area contributed by atoms with Crippen LogP contribution in [0.15, 0.2) is 42.6 Å². The summed E-state index contributed by atoms with van der Waals surface area (Å²) < 4.78 is 5.45. The Balaban J connectivity index is 1.61. The van der Waals surface area contributed by atoms with Crippen LogP contribution >= 0.6 is 0 Å². The molecule has 0 spiro atoms. The number of piperazine rings is 1. The summed E-state index contributed by atoms with van der Waals surface area (Å²) in [6.45, 7) is 9.15. The molecule has 27 heavy (non-hydrogen) atoms. The maximum atomic E-state index is 12.8. The number of aromatic nitrogens is 1. The van der Waals surface area contributed by atoms with Gasteiger partial charge in [0, 0.05) is 31.7 Å². The van der Waals surface area contributed by atoms with Crippen LogP contribution in [0.25, 0.3) is 0 Å². The molecule has 1 aliphatic heterocycles. The lowest BCUT2D eigenvalue weighted by molar-refractivity contribution is 0.0741. The molecule has 1 aromatic carbocycles. The quantitative estimate of drug-likeness (QED) is 0.898. The minimum Gasteiger partial charge on any atom is -0.495 e. The van der Waals surface area contributed by atoms with E-state index in [0.29, 0.717) is 18.8 Å². The number of para-hydroxylation sites is 2. The standard InChI is InChI=1S/C21H28N4O2/c1-21(2,3)23-16-9-10-17(22-15-16)20(26)25-13-11-24(12-14-25)18-7-5-6-8-19(18)27-4/h5-10,15,23H,11-14H2,1-4H3. The summed E-state index contributed by atoms with van der Waals surface area (Å²) in [5, 5.41) is 3.36. The van der Waals surface area contributed by atoms with E-state index in [0.717, 1.165) is 30.2 Å². The van der Waals surface area contributed by atoms with Crippen LogP contribution in [0.1, 0.15) is 31.3 Å². The van der Waals surface area contributed by atoms with Gasteiger partial charge in [-0.15, -0.1) is 0 Å². The Morgan fingerprint density at radius 1 is 1.07 bits per heavy atom. The molecule has 1 saturated heterocycles. The molecule has 0 aliphatic carbocycles. The molecular formula is C21H28N4O2. The average molecular weight is 368 g/mol. The molecule has 1 fully saturated rings. The Labute approximate surface area is 161 Å². The Hall–Kier alpha value is -2.76. The molecule has 0 atom stereocenters. The largest absolute Gasteiger partial charge is 0.495 e. The highest BCUT2D eigenvalue weighted by Gasteiger charge is 2.24. The summed E-state index contributed by atoms with van der Waals surface area (Å²) in [6.07, 6.45) is 1.73. The van der Waals surface area contributed by atoms with Crippen molar-refractivity contribution in [2.24, 2.45) is 0 Å². The van der Waals surface area contributed by atoms with Crippen molar-refractivity contribution >= 4 is 17.3 Å². The lowest BCUT2D eigenvalue weighted by Gasteiger charge is -2.36. The maximum Gasteiger partial charge on any atom is 0.272 e. The van der Waals surface area contributed by atoms with Crippen LogP contribution < -0.4 is 15.0 Å². The summed E-state index contributed by atoms with van der Waals surface area (Å²) in [4.78, 5) is 21.2. The molecule has 0 radical (unpaired) electrons. The third-order valence-electron chi connectivity index (χ3n) is 4.49. The monoisotopic (exact) mass is 368 g/mol. The molecule has 0 bridgehead atoms. The minimum absolute atomic E-state index is 0.0167. The molecule has 0 saturated carbocycles. The third-order valence-corrected chi connectivity index (χ3v) is 4.49. The number of carbonyl (C=O) groups is 1. The number of pyridine rings is 1. The van der Waals surface area contributed by atoms with E-state index >= 15 is 0 Å². The van der Waals surface area contributed by atoms with Gasteiger partial charge in [-0.1, -0.05) is 12.1 Å². The molecule has 1 amide bonds. The van der Waals surface area contributed by atoms with Gasteiger partial charge >= 0.3 is 0 Å². The molecule has 144 valence electrons. The zero-order valence-corrected chi connectivity index (χ0v) is 16.5. The van der Waals surface area contributed by atoms with Gasteiger partial charge in [0.1, 0.15) is 11.4 Å². The third kappa shape index (κ3) is 4.70. The molecule has 6 nitrogen and oxygen atoms in total. The number of benzene rings is 1. The Kier molecular flexibility index (Phi) is 5.54. The SMILES string of the molecule is COc1ccccc1N1CCN(C(=O)c2ccc(NC(C)(C)C)cn2)CC1. The number of nitrogens with zero attached hydrogens (tertiary/aromatic N) is 3. The van der Waals surface area contributed by atoms with Crippen molar-refractivity contribution in [3.63, 3.8) is 0 Å². The first-order valence-corrected chi connectivity index (χ1v) is 9.29. The Bertz CT molecular complexity index is 776. The van der Waals surface area contributed by atoms with Gasteiger partial charge < -0.3 is 19.9 Å². The van der Waals surface area contributed by atoms with Crippen molar-refractivity contribution < 1.29 is 9.53 Å². The molecule has 2 heterocycles. The first-order valence-electron chi connectivity index (χ1n) is 9.29. The van der Waals surface area contributed by atoms with E-state index < -0.39 is 0 Å². The van der Waals surface area contributed by atoms with Gasteiger partial charge in [0.25, 0.3) is 5.91 Å². The second kappa shape index (κ2) is 7.86. The summed E-state index contributed by atoms with van der Waals surface area (Å²) in [5.74, 6) is 0.845. The first-order chi connectivity index (χ1) is 12.9. The number of nitrogens with one attached hydrogen (secondary N) is 1.